The Bertz CT molecular complexity index is 709. The minimum absolute atomic E-state index is 0.0697. The summed E-state index contributed by atoms with van der Waals surface area (Å²) in [6, 6.07) is 4.79. The number of alkyl halides is 4. The average molecular weight is 305 g/mol. The Kier molecular flexibility index (Phi) is 3.67. The van der Waals surface area contributed by atoms with Crippen molar-refractivity contribution in [2.24, 2.45) is 7.05 Å². The monoisotopic (exact) mass is 305 g/mol. The summed E-state index contributed by atoms with van der Waals surface area (Å²) in [5.41, 5.74) is 5.25. The predicted octanol–water partition coefficient (Wildman–Crippen LogP) is 1.99. The Hall–Kier alpha value is -2.45. The first-order chi connectivity index (χ1) is 9.72. The van der Waals surface area contributed by atoms with Gasteiger partial charge in [-0.2, -0.15) is 17.6 Å². The molecule has 0 aliphatic carbocycles. The van der Waals surface area contributed by atoms with Gasteiger partial charge in [0.2, 0.25) is 0 Å². The molecule has 2 N–H and O–H groups in total. The number of ether oxygens (including phenoxy) is 1. The molecule has 0 fully saturated rings. The van der Waals surface area contributed by atoms with E-state index >= 15 is 0 Å². The number of nitrogen functional groups attached to an aromatic ring is 1. The van der Waals surface area contributed by atoms with Gasteiger partial charge in [-0.25, -0.2) is 9.36 Å². The van der Waals surface area contributed by atoms with Crippen LogP contribution in [-0.2, 0) is 7.05 Å². The van der Waals surface area contributed by atoms with Crippen molar-refractivity contribution in [3.8, 4) is 11.4 Å². The first kappa shape index (κ1) is 14.9. The summed E-state index contributed by atoms with van der Waals surface area (Å²) in [6.45, 7) is 0. The molecule has 0 aliphatic heterocycles. The molecule has 0 saturated heterocycles. The molecule has 0 spiro atoms. The van der Waals surface area contributed by atoms with E-state index in [4.69, 9.17) is 5.73 Å². The third-order valence-electron chi connectivity index (χ3n) is 2.66. The number of aryl methyl sites for hydroxylation is 1. The normalized spacial score (nSPS) is 11.9. The van der Waals surface area contributed by atoms with E-state index in [1.165, 1.54) is 29.9 Å². The van der Waals surface area contributed by atoms with Crippen LogP contribution in [0.3, 0.4) is 0 Å². The molecule has 0 saturated carbocycles. The van der Waals surface area contributed by atoms with Gasteiger partial charge in [0.15, 0.2) is 0 Å². The number of hydrogen-bond donors (Lipinski definition) is 1. The second kappa shape index (κ2) is 5.15. The zero-order valence-corrected chi connectivity index (χ0v) is 10.8. The maximum absolute atomic E-state index is 12.9. The highest BCUT2D eigenvalue weighted by Crippen LogP contribution is 2.28. The number of nitrogens with zero attached hydrogens (tertiary/aromatic N) is 2. The molecule has 0 amide bonds. The average Bonchev–Trinajstić information content (AvgIpc) is 2.62. The second-order valence-corrected chi connectivity index (χ2v) is 4.24. The summed E-state index contributed by atoms with van der Waals surface area (Å²) in [5.74, 6) is -0.437. The van der Waals surface area contributed by atoms with Gasteiger partial charge in [-0.1, -0.05) is 6.07 Å². The van der Waals surface area contributed by atoms with Crippen LogP contribution in [0.1, 0.15) is 0 Å². The first-order valence-corrected chi connectivity index (χ1v) is 5.71. The van der Waals surface area contributed by atoms with E-state index in [1.54, 1.807) is 0 Å². The van der Waals surface area contributed by atoms with Crippen molar-refractivity contribution in [2.45, 2.75) is 12.5 Å². The molecule has 114 valence electrons. The highest BCUT2D eigenvalue weighted by Gasteiger charge is 2.44. The lowest BCUT2D eigenvalue weighted by Gasteiger charge is -2.17. The van der Waals surface area contributed by atoms with Crippen LogP contribution in [0.5, 0.6) is 5.75 Å². The van der Waals surface area contributed by atoms with E-state index in [0.717, 1.165) is 16.7 Å². The molecule has 1 aromatic heterocycles. The largest absolute Gasteiger partial charge is 0.461 e. The lowest BCUT2D eigenvalue weighted by atomic mass is 10.3. The van der Waals surface area contributed by atoms with Crippen LogP contribution >= 0.6 is 0 Å². The Labute approximate surface area is 116 Å². The minimum atomic E-state index is -4.62. The Morgan fingerprint density at radius 1 is 1.33 bits per heavy atom. The van der Waals surface area contributed by atoms with E-state index in [-0.39, 0.29) is 11.5 Å². The van der Waals surface area contributed by atoms with E-state index in [0.29, 0.717) is 0 Å². The van der Waals surface area contributed by atoms with E-state index in [2.05, 4.69) is 4.74 Å². The third-order valence-corrected chi connectivity index (χ3v) is 2.66. The summed E-state index contributed by atoms with van der Waals surface area (Å²) in [5, 5.41) is 0. The zero-order chi connectivity index (χ0) is 15.8. The molecule has 0 radical (unpaired) electrons. The molecule has 2 rings (SSSR count). The van der Waals surface area contributed by atoms with Crippen LogP contribution in [0.25, 0.3) is 5.69 Å². The van der Waals surface area contributed by atoms with Gasteiger partial charge < -0.3 is 10.5 Å². The van der Waals surface area contributed by atoms with Crippen LogP contribution in [-0.4, -0.2) is 21.7 Å². The molecule has 0 aliphatic rings. The molecule has 0 unspecified atom stereocenters. The lowest BCUT2D eigenvalue weighted by molar-refractivity contribution is -0.253. The van der Waals surface area contributed by atoms with Crippen molar-refractivity contribution in [2.75, 3.05) is 5.73 Å². The molecule has 0 atom stereocenters. The number of rotatable bonds is 4. The molecule has 0 bridgehead atoms. The third kappa shape index (κ3) is 2.86. The smallest absolute Gasteiger partial charge is 0.428 e. The van der Waals surface area contributed by atoms with E-state index < -0.39 is 24.0 Å². The highest BCUT2D eigenvalue weighted by atomic mass is 19.3. The van der Waals surface area contributed by atoms with Gasteiger partial charge in [-0.05, 0) is 12.1 Å². The number of aromatic nitrogens is 2. The Morgan fingerprint density at radius 3 is 2.52 bits per heavy atom. The first-order valence-electron chi connectivity index (χ1n) is 5.71. The number of halogens is 4. The van der Waals surface area contributed by atoms with Gasteiger partial charge in [-0.15, -0.1) is 0 Å². The number of nitrogens with two attached hydrogens (primary N) is 1. The fraction of sp³-hybridized carbons (Fsp3) is 0.250. The Balaban J connectivity index is 2.41. The van der Waals surface area contributed by atoms with Gasteiger partial charge >= 0.3 is 18.2 Å². The van der Waals surface area contributed by atoms with Crippen LogP contribution in [0.4, 0.5) is 23.4 Å². The van der Waals surface area contributed by atoms with E-state index in [9.17, 15) is 22.4 Å². The van der Waals surface area contributed by atoms with Gasteiger partial charge in [0, 0.05) is 19.3 Å². The fourth-order valence-corrected chi connectivity index (χ4v) is 1.73. The quantitative estimate of drug-likeness (QED) is 0.879. The molecule has 5 nitrogen and oxygen atoms in total. The van der Waals surface area contributed by atoms with E-state index in [1.807, 2.05) is 0 Å². The second-order valence-electron chi connectivity index (χ2n) is 4.24. The van der Waals surface area contributed by atoms with Crippen molar-refractivity contribution in [3.05, 3.63) is 40.9 Å². The fourth-order valence-electron chi connectivity index (χ4n) is 1.73. The standard InChI is InChI=1S/C12H11F4N3O2/c1-18-6-9(17)19(11(18)20)7-3-2-4-8(5-7)21-12(15,16)10(13)14/h2-6,10H,17H2,1H3. The van der Waals surface area contributed by atoms with Gasteiger partial charge in [0.05, 0.1) is 5.69 Å². The molecule has 2 aromatic rings. The summed E-state index contributed by atoms with van der Waals surface area (Å²) >= 11 is 0. The summed E-state index contributed by atoms with van der Waals surface area (Å²) < 4.78 is 56.1. The van der Waals surface area contributed by atoms with Crippen molar-refractivity contribution in [1.82, 2.24) is 9.13 Å². The van der Waals surface area contributed by atoms with Crippen LogP contribution < -0.4 is 16.2 Å². The SMILES string of the molecule is Cn1cc(N)n(-c2cccc(OC(F)(F)C(F)F)c2)c1=O. The van der Waals surface area contributed by atoms with Gasteiger partial charge in [0.1, 0.15) is 11.6 Å². The van der Waals surface area contributed by atoms with Crippen molar-refractivity contribution in [3.63, 3.8) is 0 Å². The summed E-state index contributed by atoms with van der Waals surface area (Å²) in [7, 11) is 1.46. The molecular formula is C12H11F4N3O2. The van der Waals surface area contributed by atoms with Gasteiger partial charge in [-0.3, -0.25) is 4.57 Å². The predicted molar refractivity (Wildman–Crippen MR) is 67.0 cm³/mol. The van der Waals surface area contributed by atoms with Crippen molar-refractivity contribution in [1.29, 1.82) is 0 Å². The lowest BCUT2D eigenvalue weighted by Crippen LogP contribution is -2.33. The van der Waals surface area contributed by atoms with Crippen LogP contribution in [0.15, 0.2) is 35.3 Å². The van der Waals surface area contributed by atoms with Crippen LogP contribution in [0.2, 0.25) is 0 Å². The highest BCUT2D eigenvalue weighted by molar-refractivity contribution is 5.45. The maximum atomic E-state index is 12.9. The summed E-state index contributed by atoms with van der Waals surface area (Å²) in [6.07, 6.45) is -7.25. The van der Waals surface area contributed by atoms with Crippen molar-refractivity contribution >= 4 is 5.82 Å². The topological polar surface area (TPSA) is 62.2 Å². The number of imidazole rings is 1. The molecule has 1 aromatic carbocycles. The number of benzene rings is 1. The minimum Gasteiger partial charge on any atom is -0.428 e. The number of anilines is 1. The summed E-state index contributed by atoms with van der Waals surface area (Å²) in [4.78, 5) is 11.8. The molecular weight excluding hydrogens is 294 g/mol. The van der Waals surface area contributed by atoms with Crippen LogP contribution in [0, 0.1) is 0 Å². The number of hydrogen-bond acceptors (Lipinski definition) is 3. The zero-order valence-electron chi connectivity index (χ0n) is 10.8. The maximum Gasteiger partial charge on any atom is 0.461 e. The molecule has 21 heavy (non-hydrogen) atoms. The Morgan fingerprint density at radius 2 is 2.00 bits per heavy atom. The van der Waals surface area contributed by atoms with Gasteiger partial charge in [0.25, 0.3) is 0 Å². The molecule has 1 heterocycles. The molecule has 9 heteroatoms. The van der Waals surface area contributed by atoms with Crippen molar-refractivity contribution < 1.29 is 22.3 Å².